The third-order valence-electron chi connectivity index (χ3n) is 5.77. The maximum atomic E-state index is 13.3. The zero-order valence-electron chi connectivity index (χ0n) is 19.0. The van der Waals surface area contributed by atoms with Gasteiger partial charge in [-0.2, -0.15) is 0 Å². The second-order valence-electron chi connectivity index (χ2n) is 8.39. The van der Waals surface area contributed by atoms with E-state index >= 15 is 0 Å². The van der Waals surface area contributed by atoms with Crippen LogP contribution in [0.5, 0.6) is 0 Å². The normalized spacial score (nSPS) is 15.5. The molecule has 1 fully saturated rings. The molecule has 0 saturated carbocycles. The number of aryl methyl sites for hydroxylation is 2. The van der Waals surface area contributed by atoms with Crippen molar-refractivity contribution in [2.75, 3.05) is 19.7 Å². The summed E-state index contributed by atoms with van der Waals surface area (Å²) < 4.78 is 16.5. The molecule has 0 spiro atoms. The minimum Gasteiger partial charge on any atom is -0.467 e. The van der Waals surface area contributed by atoms with Crippen molar-refractivity contribution in [1.29, 1.82) is 0 Å². The molecule has 4 rings (SSSR count). The van der Waals surface area contributed by atoms with E-state index in [9.17, 15) is 9.59 Å². The lowest BCUT2D eigenvalue weighted by Gasteiger charge is -2.24. The average Bonchev–Trinajstić information content (AvgIpc) is 3.59. The maximum absolute atomic E-state index is 13.3. The lowest BCUT2D eigenvalue weighted by Crippen LogP contribution is -2.40. The molecule has 0 radical (unpaired) electrons. The molecule has 8 heteroatoms. The quantitative estimate of drug-likeness (QED) is 0.530. The van der Waals surface area contributed by atoms with Gasteiger partial charge in [-0.3, -0.25) is 9.59 Å². The number of ether oxygens (including phenoxy) is 1. The third kappa shape index (κ3) is 5.90. The van der Waals surface area contributed by atoms with Crippen molar-refractivity contribution >= 4 is 11.8 Å². The molecule has 1 N–H and O–H groups in total. The first-order chi connectivity index (χ1) is 16.0. The van der Waals surface area contributed by atoms with Crippen LogP contribution in [0.2, 0.25) is 0 Å². The zero-order valence-corrected chi connectivity index (χ0v) is 19.0. The van der Waals surface area contributed by atoms with Gasteiger partial charge in [-0.15, -0.1) is 0 Å². The third-order valence-corrected chi connectivity index (χ3v) is 5.77. The van der Waals surface area contributed by atoms with E-state index < -0.39 is 0 Å². The van der Waals surface area contributed by atoms with E-state index in [4.69, 9.17) is 13.7 Å². The van der Waals surface area contributed by atoms with Gasteiger partial charge in [0.15, 0.2) is 11.5 Å². The molecule has 1 aliphatic rings. The van der Waals surface area contributed by atoms with E-state index in [1.165, 1.54) is 0 Å². The zero-order chi connectivity index (χ0) is 23.2. The van der Waals surface area contributed by atoms with Crippen LogP contribution in [0.15, 0.2) is 51.6 Å². The van der Waals surface area contributed by atoms with Crippen LogP contribution in [0.4, 0.5) is 0 Å². The summed E-state index contributed by atoms with van der Waals surface area (Å²) in [5.74, 6) is 0.794. The number of furan rings is 1. The summed E-state index contributed by atoms with van der Waals surface area (Å²) in [7, 11) is 0. The van der Waals surface area contributed by atoms with Crippen LogP contribution in [0.25, 0.3) is 11.3 Å². The molecule has 1 saturated heterocycles. The largest absolute Gasteiger partial charge is 0.467 e. The van der Waals surface area contributed by atoms with Crippen LogP contribution in [0, 0.1) is 13.8 Å². The summed E-state index contributed by atoms with van der Waals surface area (Å²) in [5.41, 5.74) is 3.27. The minimum absolute atomic E-state index is 0.0366. The number of nitrogens with zero attached hydrogens (tertiary/aromatic N) is 2. The molecule has 0 bridgehead atoms. The van der Waals surface area contributed by atoms with Crippen LogP contribution in [0.3, 0.4) is 0 Å². The Kier molecular flexibility index (Phi) is 7.24. The number of rotatable bonds is 9. The van der Waals surface area contributed by atoms with Gasteiger partial charge < -0.3 is 23.9 Å². The van der Waals surface area contributed by atoms with Crippen molar-refractivity contribution in [2.24, 2.45) is 0 Å². The Morgan fingerprint density at radius 1 is 1.21 bits per heavy atom. The summed E-state index contributed by atoms with van der Waals surface area (Å²) in [4.78, 5) is 27.3. The Morgan fingerprint density at radius 3 is 2.85 bits per heavy atom. The number of amides is 2. The summed E-state index contributed by atoms with van der Waals surface area (Å²) >= 11 is 0. The molecule has 0 aliphatic carbocycles. The van der Waals surface area contributed by atoms with Crippen LogP contribution in [-0.4, -0.2) is 47.7 Å². The highest BCUT2D eigenvalue weighted by molar-refractivity contribution is 5.93. The number of nitrogens with one attached hydrogen (secondary N) is 1. The van der Waals surface area contributed by atoms with Crippen molar-refractivity contribution in [3.05, 3.63) is 65.2 Å². The second kappa shape index (κ2) is 10.5. The van der Waals surface area contributed by atoms with Gasteiger partial charge >= 0.3 is 0 Å². The molecule has 33 heavy (non-hydrogen) atoms. The average molecular weight is 452 g/mol. The summed E-state index contributed by atoms with van der Waals surface area (Å²) in [6.07, 6.45) is 3.55. The van der Waals surface area contributed by atoms with Gasteiger partial charge in [0, 0.05) is 37.7 Å². The lowest BCUT2D eigenvalue weighted by atomic mass is 10.0. The number of hydrogen-bond acceptors (Lipinski definition) is 6. The Balaban J connectivity index is 1.43. The van der Waals surface area contributed by atoms with Crippen LogP contribution < -0.4 is 5.32 Å². The Hall–Kier alpha value is -3.39. The molecule has 3 heterocycles. The van der Waals surface area contributed by atoms with E-state index in [2.05, 4.69) is 10.5 Å². The smallest absolute Gasteiger partial charge is 0.276 e. The monoisotopic (exact) mass is 451 g/mol. The first-order valence-electron chi connectivity index (χ1n) is 11.2. The Bertz CT molecular complexity index is 1080. The predicted molar refractivity (Wildman–Crippen MR) is 121 cm³/mol. The van der Waals surface area contributed by atoms with Gasteiger partial charge in [-0.25, -0.2) is 0 Å². The van der Waals surface area contributed by atoms with Gasteiger partial charge in [0.1, 0.15) is 5.76 Å². The topological polar surface area (TPSA) is 97.8 Å². The summed E-state index contributed by atoms with van der Waals surface area (Å²) in [5, 5.41) is 6.85. The Morgan fingerprint density at radius 2 is 2.09 bits per heavy atom. The van der Waals surface area contributed by atoms with E-state index in [0.29, 0.717) is 31.2 Å². The molecule has 8 nitrogen and oxygen atoms in total. The van der Waals surface area contributed by atoms with Gasteiger partial charge in [0.2, 0.25) is 5.91 Å². The predicted octanol–water partition coefficient (Wildman–Crippen LogP) is 3.88. The Labute approximate surface area is 192 Å². The highest BCUT2D eigenvalue weighted by atomic mass is 16.5. The molecule has 0 unspecified atom stereocenters. The molecule has 1 aromatic carbocycles. The van der Waals surface area contributed by atoms with Gasteiger partial charge in [0.25, 0.3) is 5.91 Å². The molecule has 174 valence electrons. The lowest BCUT2D eigenvalue weighted by molar-refractivity contribution is -0.121. The molecule has 2 aromatic heterocycles. The summed E-state index contributed by atoms with van der Waals surface area (Å²) in [6.45, 7) is 5.67. The van der Waals surface area contributed by atoms with Crippen molar-refractivity contribution in [3.8, 4) is 11.3 Å². The number of hydrogen-bond donors (Lipinski definition) is 1. The number of benzene rings is 1. The maximum Gasteiger partial charge on any atom is 0.276 e. The van der Waals surface area contributed by atoms with E-state index in [0.717, 1.165) is 29.5 Å². The molecular formula is C25H29N3O5. The highest BCUT2D eigenvalue weighted by Crippen LogP contribution is 2.26. The highest BCUT2D eigenvalue weighted by Gasteiger charge is 2.26. The van der Waals surface area contributed by atoms with Crippen molar-refractivity contribution in [3.63, 3.8) is 0 Å². The van der Waals surface area contributed by atoms with Crippen LogP contribution in [-0.2, 0) is 16.1 Å². The van der Waals surface area contributed by atoms with Crippen molar-refractivity contribution < 1.29 is 23.3 Å². The first kappa shape index (κ1) is 22.8. The van der Waals surface area contributed by atoms with E-state index in [-0.39, 0.29) is 36.6 Å². The number of carbonyl (C=O) groups excluding carboxylic acids is 2. The molecule has 3 aromatic rings. The molecule has 1 aliphatic heterocycles. The summed E-state index contributed by atoms with van der Waals surface area (Å²) in [6, 6.07) is 11.3. The van der Waals surface area contributed by atoms with Gasteiger partial charge in [0.05, 0.1) is 18.9 Å². The fraction of sp³-hybridized carbons (Fsp3) is 0.400. The SMILES string of the molecule is Cc1ccc(C)c(-c2cc(C(=O)N(CCC(=O)NCc3ccco3)C[C@H]3CCCO3)no2)c1. The van der Waals surface area contributed by atoms with Crippen molar-refractivity contribution in [2.45, 2.75) is 45.8 Å². The number of carbonyl (C=O) groups is 2. The molecule has 1 atom stereocenters. The van der Waals surface area contributed by atoms with Gasteiger partial charge in [-0.05, 0) is 50.5 Å². The van der Waals surface area contributed by atoms with Crippen molar-refractivity contribution in [1.82, 2.24) is 15.4 Å². The second-order valence-corrected chi connectivity index (χ2v) is 8.39. The molecule has 2 amide bonds. The standard InChI is InChI=1S/C25H29N3O5/c1-17-7-8-18(2)21(13-17)23-14-22(27-33-23)25(30)28(16-20-6-4-12-32-20)10-9-24(29)26-15-19-5-3-11-31-19/h3,5,7-8,11,13-14,20H,4,6,9-10,12,15-16H2,1-2H3,(H,26,29)/t20-/m1/s1. The fourth-order valence-corrected chi connectivity index (χ4v) is 3.90. The van der Waals surface area contributed by atoms with Crippen LogP contribution in [0.1, 0.15) is 46.6 Å². The molecular weight excluding hydrogens is 422 g/mol. The number of aromatic nitrogens is 1. The van der Waals surface area contributed by atoms with E-state index in [1.54, 1.807) is 29.4 Å². The minimum atomic E-state index is -0.273. The van der Waals surface area contributed by atoms with E-state index in [1.807, 2.05) is 32.0 Å². The first-order valence-corrected chi connectivity index (χ1v) is 11.2. The fourth-order valence-electron chi connectivity index (χ4n) is 3.90. The van der Waals surface area contributed by atoms with Gasteiger partial charge in [-0.1, -0.05) is 22.9 Å². The van der Waals surface area contributed by atoms with Crippen LogP contribution >= 0.6 is 0 Å².